The molecule has 1 amide bonds. The number of nitrogens with zero attached hydrogens (tertiary/aromatic N) is 3. The second kappa shape index (κ2) is 8.83. The van der Waals surface area contributed by atoms with E-state index in [9.17, 15) is 13.2 Å². The van der Waals surface area contributed by atoms with Crippen molar-refractivity contribution in [2.45, 2.75) is 24.7 Å². The molecule has 0 unspecified atom stereocenters. The first-order valence-electron chi connectivity index (χ1n) is 10.3. The highest BCUT2D eigenvalue weighted by Gasteiger charge is 2.37. The zero-order chi connectivity index (χ0) is 22.9. The fraction of sp³-hybridized carbons (Fsp3) is 0.429. The number of ether oxygens (including phenoxy) is 2. The topological polar surface area (TPSA) is 114 Å². The minimum Gasteiger partial charge on any atom is -0.454 e. The van der Waals surface area contributed by atoms with E-state index in [1.54, 1.807) is 42.3 Å². The van der Waals surface area contributed by atoms with E-state index >= 15 is 0 Å². The monoisotopic (exact) mass is 462 g/mol. The zero-order valence-corrected chi connectivity index (χ0v) is 19.0. The predicted molar refractivity (Wildman–Crippen MR) is 117 cm³/mol. The van der Waals surface area contributed by atoms with Gasteiger partial charge in [0.05, 0.1) is 5.92 Å². The van der Waals surface area contributed by atoms with Crippen LogP contribution in [0.4, 0.5) is 5.69 Å². The van der Waals surface area contributed by atoms with E-state index in [1.807, 2.05) is 14.1 Å². The maximum atomic E-state index is 13.4. The lowest BCUT2D eigenvalue weighted by atomic mass is 9.98. The van der Waals surface area contributed by atoms with Crippen LogP contribution in [-0.2, 0) is 14.8 Å². The number of benzene rings is 1. The van der Waals surface area contributed by atoms with E-state index in [2.05, 4.69) is 10.5 Å². The molecule has 2 aliphatic heterocycles. The summed E-state index contributed by atoms with van der Waals surface area (Å²) in [6.45, 7) is 2.16. The molecule has 1 fully saturated rings. The molecule has 0 aliphatic carbocycles. The first-order valence-corrected chi connectivity index (χ1v) is 11.7. The van der Waals surface area contributed by atoms with Gasteiger partial charge in [0.1, 0.15) is 5.69 Å². The normalized spacial score (nSPS) is 18.8. The van der Waals surface area contributed by atoms with Crippen LogP contribution in [0.15, 0.2) is 33.8 Å². The Morgan fingerprint density at radius 1 is 1.28 bits per heavy atom. The Morgan fingerprint density at radius 3 is 2.84 bits per heavy atom. The van der Waals surface area contributed by atoms with E-state index in [1.165, 1.54) is 4.31 Å². The third-order valence-electron chi connectivity index (χ3n) is 5.35. The van der Waals surface area contributed by atoms with Crippen molar-refractivity contribution in [2.75, 3.05) is 39.3 Å². The molecule has 172 valence electrons. The summed E-state index contributed by atoms with van der Waals surface area (Å²) in [5.41, 5.74) is 0.862. The molecule has 0 radical (unpaired) electrons. The number of hydrogen-bond donors (Lipinski definition) is 1. The molecule has 0 bridgehead atoms. The van der Waals surface area contributed by atoms with Gasteiger partial charge in [-0.15, -0.1) is 0 Å². The van der Waals surface area contributed by atoms with Gasteiger partial charge in [0.2, 0.25) is 22.7 Å². The summed E-state index contributed by atoms with van der Waals surface area (Å²) in [5.74, 6) is 0.643. The van der Waals surface area contributed by atoms with Crippen molar-refractivity contribution in [3.8, 4) is 11.5 Å². The van der Waals surface area contributed by atoms with Gasteiger partial charge in [0, 0.05) is 51.2 Å². The average molecular weight is 463 g/mol. The van der Waals surface area contributed by atoms with Crippen LogP contribution in [0.2, 0.25) is 0 Å². The minimum absolute atomic E-state index is 0.0347. The molecule has 10 nitrogen and oxygen atoms in total. The Labute approximate surface area is 186 Å². The molecule has 3 heterocycles. The van der Waals surface area contributed by atoms with Gasteiger partial charge in [-0.3, -0.25) is 4.79 Å². The van der Waals surface area contributed by atoms with E-state index in [0.717, 1.165) is 0 Å². The van der Waals surface area contributed by atoms with E-state index in [4.69, 9.17) is 14.0 Å². The zero-order valence-electron chi connectivity index (χ0n) is 18.2. The molecular formula is C21H26N4O6S. The predicted octanol–water partition coefficient (Wildman–Crippen LogP) is 2.28. The van der Waals surface area contributed by atoms with Crippen LogP contribution in [0, 0.1) is 12.8 Å². The molecule has 2 aromatic rings. The maximum absolute atomic E-state index is 13.4. The molecule has 32 heavy (non-hydrogen) atoms. The molecule has 1 aromatic heterocycles. The lowest BCUT2D eigenvalue weighted by Gasteiger charge is -2.31. The molecule has 2 aliphatic rings. The number of fused-ring (bicyclic) bond motifs is 1. The van der Waals surface area contributed by atoms with Gasteiger partial charge in [-0.1, -0.05) is 5.16 Å². The molecule has 0 spiro atoms. The van der Waals surface area contributed by atoms with Crippen LogP contribution in [0.25, 0.3) is 6.08 Å². The maximum Gasteiger partial charge on any atom is 0.248 e. The highest BCUT2D eigenvalue weighted by atomic mass is 32.2. The number of aryl methyl sites for hydroxylation is 1. The second-order valence-corrected chi connectivity index (χ2v) is 9.87. The molecule has 1 saturated heterocycles. The number of carbonyl (C=O) groups excluding carboxylic acids is 1. The highest BCUT2D eigenvalue weighted by Crippen LogP contribution is 2.35. The minimum atomic E-state index is -3.88. The summed E-state index contributed by atoms with van der Waals surface area (Å²) < 4.78 is 44.0. The van der Waals surface area contributed by atoms with Crippen molar-refractivity contribution >= 4 is 27.7 Å². The summed E-state index contributed by atoms with van der Waals surface area (Å²) in [5, 5.41) is 6.70. The number of piperidine rings is 1. The van der Waals surface area contributed by atoms with Crippen molar-refractivity contribution in [3.63, 3.8) is 0 Å². The molecular weight excluding hydrogens is 436 g/mol. The molecule has 1 N–H and O–H groups in total. The first kappa shape index (κ1) is 22.2. The number of carbonyl (C=O) groups is 1. The second-order valence-electron chi connectivity index (χ2n) is 8.00. The lowest BCUT2D eigenvalue weighted by Crippen LogP contribution is -2.43. The number of rotatable bonds is 6. The largest absolute Gasteiger partial charge is 0.454 e. The van der Waals surface area contributed by atoms with E-state index < -0.39 is 15.9 Å². The number of amides is 1. The summed E-state index contributed by atoms with van der Waals surface area (Å²) in [6, 6.07) is 5.15. The van der Waals surface area contributed by atoms with Crippen molar-refractivity contribution in [3.05, 3.63) is 35.9 Å². The summed E-state index contributed by atoms with van der Waals surface area (Å²) >= 11 is 0. The Balaban J connectivity index is 1.50. The number of sulfonamides is 1. The SMILES string of the molecule is Cc1noc(/C=C/N(C)C)c1S(=O)(=O)N1CCC[C@H](C(=O)Nc2ccc3c(c2)OCO3)C1. The summed E-state index contributed by atoms with van der Waals surface area (Å²) in [6.07, 6.45) is 4.43. The fourth-order valence-corrected chi connectivity index (χ4v) is 5.51. The average Bonchev–Trinajstić information content (AvgIpc) is 3.38. The van der Waals surface area contributed by atoms with Gasteiger partial charge in [-0.05, 0) is 31.9 Å². The van der Waals surface area contributed by atoms with Gasteiger partial charge in [0.15, 0.2) is 22.2 Å². The quantitative estimate of drug-likeness (QED) is 0.696. The Kier molecular flexibility index (Phi) is 6.11. The van der Waals surface area contributed by atoms with Crippen LogP contribution >= 0.6 is 0 Å². The molecule has 0 saturated carbocycles. The molecule has 1 atom stereocenters. The van der Waals surface area contributed by atoms with Gasteiger partial charge in [0.25, 0.3) is 0 Å². The Hall–Kier alpha value is -3.05. The van der Waals surface area contributed by atoms with Crippen LogP contribution in [-0.4, -0.2) is 62.7 Å². The van der Waals surface area contributed by atoms with Gasteiger partial charge < -0.3 is 24.2 Å². The van der Waals surface area contributed by atoms with Crippen molar-refractivity contribution in [1.29, 1.82) is 0 Å². The van der Waals surface area contributed by atoms with Crippen LogP contribution < -0.4 is 14.8 Å². The highest BCUT2D eigenvalue weighted by molar-refractivity contribution is 7.89. The van der Waals surface area contributed by atoms with Gasteiger partial charge >= 0.3 is 0 Å². The molecule has 1 aromatic carbocycles. The Bertz CT molecular complexity index is 1140. The van der Waals surface area contributed by atoms with Crippen LogP contribution in [0.1, 0.15) is 24.3 Å². The number of hydrogen-bond acceptors (Lipinski definition) is 8. The van der Waals surface area contributed by atoms with E-state index in [-0.39, 0.29) is 35.6 Å². The molecule has 4 rings (SSSR count). The first-order chi connectivity index (χ1) is 15.3. The number of anilines is 1. The van der Waals surface area contributed by atoms with E-state index in [0.29, 0.717) is 36.6 Å². The van der Waals surface area contributed by atoms with Crippen molar-refractivity contribution < 1.29 is 27.2 Å². The van der Waals surface area contributed by atoms with Gasteiger partial charge in [-0.2, -0.15) is 4.31 Å². The van der Waals surface area contributed by atoms with Crippen molar-refractivity contribution in [1.82, 2.24) is 14.4 Å². The number of nitrogens with one attached hydrogen (secondary N) is 1. The summed E-state index contributed by atoms with van der Waals surface area (Å²) in [4.78, 5) is 14.7. The Morgan fingerprint density at radius 2 is 2.06 bits per heavy atom. The fourth-order valence-electron chi connectivity index (χ4n) is 3.74. The number of aromatic nitrogens is 1. The third kappa shape index (κ3) is 4.44. The molecule has 11 heteroatoms. The lowest BCUT2D eigenvalue weighted by molar-refractivity contribution is -0.120. The van der Waals surface area contributed by atoms with Crippen LogP contribution in [0.3, 0.4) is 0 Å². The smallest absolute Gasteiger partial charge is 0.248 e. The van der Waals surface area contributed by atoms with Crippen molar-refractivity contribution in [2.24, 2.45) is 5.92 Å². The summed E-state index contributed by atoms with van der Waals surface area (Å²) in [7, 11) is -0.242. The van der Waals surface area contributed by atoms with Crippen LogP contribution in [0.5, 0.6) is 11.5 Å². The standard InChI is InChI=1S/C21H26N4O6S/c1-14-20(18(31-23-14)8-10-24(2)3)32(27,28)25-9-4-5-15(12-25)21(26)22-16-6-7-17-19(11-16)30-13-29-17/h6-8,10-11,15H,4-5,9,12-13H2,1-3H3,(H,22,26)/b10-8+/t15-/m0/s1. The van der Waals surface area contributed by atoms with Gasteiger partial charge in [-0.25, -0.2) is 8.42 Å². The third-order valence-corrected chi connectivity index (χ3v) is 7.37.